The van der Waals surface area contributed by atoms with E-state index in [9.17, 15) is 4.39 Å². The first-order chi connectivity index (χ1) is 11.7. The van der Waals surface area contributed by atoms with Gasteiger partial charge in [0.2, 0.25) is 0 Å². The van der Waals surface area contributed by atoms with Crippen LogP contribution in [0.3, 0.4) is 0 Å². The molecule has 3 aromatic heterocycles. The first kappa shape index (κ1) is 15.1. The Morgan fingerprint density at radius 3 is 2.88 bits per heavy atom. The van der Waals surface area contributed by atoms with Crippen LogP contribution in [0.4, 0.5) is 4.39 Å². The molecule has 0 atom stereocenters. The Balaban J connectivity index is 1.80. The van der Waals surface area contributed by atoms with Gasteiger partial charge < -0.3 is 0 Å². The van der Waals surface area contributed by atoms with Gasteiger partial charge in [-0.1, -0.05) is 13.0 Å². The van der Waals surface area contributed by atoms with Crippen molar-refractivity contribution in [2.24, 2.45) is 0 Å². The number of rotatable bonds is 3. The molecule has 0 bridgehead atoms. The van der Waals surface area contributed by atoms with Crippen molar-refractivity contribution < 1.29 is 4.39 Å². The first-order valence-electron chi connectivity index (χ1n) is 7.58. The molecule has 3 heterocycles. The van der Waals surface area contributed by atoms with Crippen molar-refractivity contribution in [1.29, 1.82) is 0 Å². The molecule has 0 fully saturated rings. The lowest BCUT2D eigenvalue weighted by Crippen LogP contribution is -2.04. The van der Waals surface area contributed by atoms with E-state index in [1.54, 1.807) is 22.8 Å². The van der Waals surface area contributed by atoms with Crippen molar-refractivity contribution in [3.63, 3.8) is 0 Å². The van der Waals surface area contributed by atoms with Gasteiger partial charge in [0, 0.05) is 22.5 Å². The summed E-state index contributed by atoms with van der Waals surface area (Å²) in [6, 6.07) is 9.09. The van der Waals surface area contributed by atoms with Crippen LogP contribution in [0.25, 0.3) is 16.6 Å². The number of benzene rings is 1. The molecule has 120 valence electrons. The minimum Gasteiger partial charge on any atom is -0.255 e. The predicted molar refractivity (Wildman–Crippen MR) is 92.4 cm³/mol. The molecule has 4 aromatic rings. The van der Waals surface area contributed by atoms with E-state index in [0.717, 1.165) is 16.6 Å². The van der Waals surface area contributed by atoms with Crippen LogP contribution in [-0.2, 0) is 12.8 Å². The van der Waals surface area contributed by atoms with Crippen LogP contribution in [0, 0.1) is 5.82 Å². The van der Waals surface area contributed by atoms with Gasteiger partial charge in [-0.15, -0.1) is 10.2 Å². The topological polar surface area (TPSA) is 56.0 Å². The Morgan fingerprint density at radius 1 is 1.17 bits per heavy atom. The summed E-state index contributed by atoms with van der Waals surface area (Å²) in [4.78, 5) is 4.22. The van der Waals surface area contributed by atoms with E-state index in [0.29, 0.717) is 34.4 Å². The molecule has 0 aliphatic carbocycles. The summed E-state index contributed by atoms with van der Waals surface area (Å²) in [7, 11) is 0. The number of hydrogen-bond acceptors (Lipinski definition) is 4. The molecule has 7 heteroatoms. The molecule has 0 spiro atoms. The molecule has 0 aliphatic heterocycles. The van der Waals surface area contributed by atoms with Gasteiger partial charge in [0.05, 0.1) is 11.2 Å². The fourth-order valence-electron chi connectivity index (χ4n) is 2.66. The van der Waals surface area contributed by atoms with E-state index >= 15 is 0 Å². The Morgan fingerprint density at radius 2 is 2.04 bits per heavy atom. The molecule has 24 heavy (non-hydrogen) atoms. The molecule has 5 nitrogen and oxygen atoms in total. The lowest BCUT2D eigenvalue weighted by Gasteiger charge is -2.06. The van der Waals surface area contributed by atoms with Crippen LogP contribution >= 0.6 is 15.9 Å². The molecule has 1 aromatic carbocycles. The zero-order valence-corrected chi connectivity index (χ0v) is 14.5. The molecule has 4 rings (SSSR count). The highest BCUT2D eigenvalue weighted by atomic mass is 79.9. The van der Waals surface area contributed by atoms with Crippen molar-refractivity contribution in [2.75, 3.05) is 0 Å². The van der Waals surface area contributed by atoms with Crippen LogP contribution in [0.1, 0.15) is 24.0 Å². The molecular weight excluding hydrogens is 373 g/mol. The van der Waals surface area contributed by atoms with Crippen LogP contribution in [0.5, 0.6) is 0 Å². The standard InChI is InChI=1S/C17H13BrFN5/c1-2-12-4-6-15-21-22-16(24(15)23-12)7-10-3-5-14-13(17(10)19)8-11(18)9-20-14/h3-6,8-9H,2,7H2,1H3. The van der Waals surface area contributed by atoms with Gasteiger partial charge >= 0.3 is 0 Å². The number of aromatic nitrogens is 5. The second-order valence-corrected chi connectivity index (χ2v) is 6.42. The molecule has 0 unspecified atom stereocenters. The Kier molecular flexibility index (Phi) is 3.72. The monoisotopic (exact) mass is 385 g/mol. The number of hydrogen-bond donors (Lipinski definition) is 0. The summed E-state index contributed by atoms with van der Waals surface area (Å²) in [6.07, 6.45) is 2.79. The second-order valence-electron chi connectivity index (χ2n) is 5.50. The molecule has 0 saturated carbocycles. The highest BCUT2D eigenvalue weighted by Crippen LogP contribution is 2.24. The molecule has 0 N–H and O–H groups in total. The zero-order valence-electron chi connectivity index (χ0n) is 12.9. The summed E-state index contributed by atoms with van der Waals surface area (Å²) >= 11 is 3.33. The predicted octanol–water partition coefficient (Wildman–Crippen LogP) is 3.73. The Hall–Kier alpha value is -2.41. The van der Waals surface area contributed by atoms with E-state index < -0.39 is 0 Å². The van der Waals surface area contributed by atoms with E-state index in [2.05, 4.69) is 36.2 Å². The Labute approximate surface area is 145 Å². The molecule has 0 aliphatic rings. The largest absolute Gasteiger partial charge is 0.255 e. The third-order valence-corrected chi connectivity index (χ3v) is 4.37. The number of nitrogens with zero attached hydrogens (tertiary/aromatic N) is 5. The van der Waals surface area contributed by atoms with Crippen LogP contribution in [0.15, 0.2) is 41.0 Å². The van der Waals surface area contributed by atoms with E-state index in [4.69, 9.17) is 0 Å². The van der Waals surface area contributed by atoms with Crippen LogP contribution in [-0.4, -0.2) is 24.8 Å². The fourth-order valence-corrected chi connectivity index (χ4v) is 2.99. The Bertz CT molecular complexity index is 1060. The van der Waals surface area contributed by atoms with Crippen molar-refractivity contribution in [3.8, 4) is 0 Å². The molecular formula is C17H13BrFN5. The maximum Gasteiger partial charge on any atom is 0.177 e. The average Bonchev–Trinajstić information content (AvgIpc) is 3.00. The van der Waals surface area contributed by atoms with Crippen molar-refractivity contribution in [1.82, 2.24) is 24.8 Å². The highest BCUT2D eigenvalue weighted by molar-refractivity contribution is 9.10. The zero-order chi connectivity index (χ0) is 16.7. The summed E-state index contributed by atoms with van der Waals surface area (Å²) in [5, 5.41) is 13.3. The van der Waals surface area contributed by atoms with Gasteiger partial charge in [-0.05, 0) is 52.2 Å². The second kappa shape index (κ2) is 5.90. The highest BCUT2D eigenvalue weighted by Gasteiger charge is 2.14. The smallest absolute Gasteiger partial charge is 0.177 e. The first-order valence-corrected chi connectivity index (χ1v) is 8.38. The third-order valence-electron chi connectivity index (χ3n) is 3.94. The molecule has 0 amide bonds. The van der Waals surface area contributed by atoms with Gasteiger partial charge in [-0.25, -0.2) is 4.39 Å². The summed E-state index contributed by atoms with van der Waals surface area (Å²) < 4.78 is 17.3. The minimum absolute atomic E-state index is 0.287. The van der Waals surface area contributed by atoms with Gasteiger partial charge in [0.1, 0.15) is 5.82 Å². The van der Waals surface area contributed by atoms with Crippen molar-refractivity contribution in [2.45, 2.75) is 19.8 Å². The minimum atomic E-state index is -0.287. The van der Waals surface area contributed by atoms with Crippen molar-refractivity contribution in [3.05, 3.63) is 63.9 Å². The van der Waals surface area contributed by atoms with Gasteiger partial charge in [0.15, 0.2) is 11.5 Å². The number of fused-ring (bicyclic) bond motifs is 2. The van der Waals surface area contributed by atoms with Crippen LogP contribution < -0.4 is 0 Å². The van der Waals surface area contributed by atoms with Crippen LogP contribution in [0.2, 0.25) is 0 Å². The van der Waals surface area contributed by atoms with E-state index in [-0.39, 0.29) is 5.82 Å². The maximum absolute atomic E-state index is 14.8. The molecule has 0 radical (unpaired) electrons. The lowest BCUT2D eigenvalue weighted by molar-refractivity contribution is 0.622. The molecule has 0 saturated heterocycles. The lowest BCUT2D eigenvalue weighted by atomic mass is 10.1. The van der Waals surface area contributed by atoms with Gasteiger partial charge in [0.25, 0.3) is 0 Å². The quantitative estimate of drug-likeness (QED) is 0.539. The third kappa shape index (κ3) is 2.54. The van der Waals surface area contributed by atoms with Gasteiger partial charge in [-0.3, -0.25) is 4.98 Å². The number of pyridine rings is 1. The maximum atomic E-state index is 14.8. The van der Waals surface area contributed by atoms with E-state index in [1.807, 2.05) is 25.1 Å². The van der Waals surface area contributed by atoms with Crippen molar-refractivity contribution >= 4 is 32.5 Å². The average molecular weight is 386 g/mol. The fraction of sp³-hybridized carbons (Fsp3) is 0.176. The van der Waals surface area contributed by atoms with E-state index in [1.165, 1.54) is 0 Å². The summed E-state index contributed by atoms with van der Waals surface area (Å²) in [6.45, 7) is 2.03. The normalized spacial score (nSPS) is 11.5. The summed E-state index contributed by atoms with van der Waals surface area (Å²) in [5.74, 6) is 0.325. The SMILES string of the molecule is CCc1ccc2nnc(Cc3ccc4ncc(Br)cc4c3F)n2n1. The number of aryl methyl sites for hydroxylation is 1. The summed E-state index contributed by atoms with van der Waals surface area (Å²) in [5.41, 5.74) is 2.76. The number of halogens is 2. The van der Waals surface area contributed by atoms with Gasteiger partial charge in [-0.2, -0.15) is 9.61 Å².